The maximum Gasteiger partial charge on any atom is 0.307 e. The number of nitriles is 1. The molecule has 5 nitrogen and oxygen atoms in total. The van der Waals surface area contributed by atoms with E-state index in [1.807, 2.05) is 19.9 Å². The Labute approximate surface area is 126 Å². The molecule has 2 N–H and O–H groups in total. The molecule has 0 spiro atoms. The SMILES string of the molecule is CC1=C(C)C[C@H](C(=O)Nc2sccc2C#N)[C@@H](C(=O)O)C1. The number of carbonyl (C=O) groups excluding carboxylic acids is 1. The van der Waals surface area contributed by atoms with Crippen LogP contribution in [0, 0.1) is 23.2 Å². The number of aliphatic carboxylic acids is 1. The highest BCUT2D eigenvalue weighted by molar-refractivity contribution is 7.14. The van der Waals surface area contributed by atoms with Crippen molar-refractivity contribution in [2.24, 2.45) is 11.8 Å². The van der Waals surface area contributed by atoms with Crippen LogP contribution in [0.1, 0.15) is 32.3 Å². The highest BCUT2D eigenvalue weighted by Gasteiger charge is 2.37. The molecule has 1 heterocycles. The third kappa shape index (κ3) is 3.14. The van der Waals surface area contributed by atoms with E-state index in [-0.39, 0.29) is 5.91 Å². The first kappa shape index (κ1) is 15.3. The number of hydrogen-bond donors (Lipinski definition) is 2. The summed E-state index contributed by atoms with van der Waals surface area (Å²) in [5, 5.41) is 23.2. The van der Waals surface area contributed by atoms with E-state index in [1.165, 1.54) is 11.3 Å². The standard InChI is InChI=1S/C15H16N2O3S/c1-8-5-11(12(15(19)20)6-9(8)2)13(18)17-14-10(7-16)3-4-21-14/h3-4,11-12H,5-6H2,1-2H3,(H,17,18)(H,19,20)/t11-,12-/m0/s1. The van der Waals surface area contributed by atoms with E-state index in [4.69, 9.17) is 5.26 Å². The highest BCUT2D eigenvalue weighted by atomic mass is 32.1. The summed E-state index contributed by atoms with van der Waals surface area (Å²) >= 11 is 1.26. The molecule has 0 aliphatic heterocycles. The number of allylic oxidation sites excluding steroid dienone is 2. The summed E-state index contributed by atoms with van der Waals surface area (Å²) in [6.45, 7) is 3.84. The Morgan fingerprint density at radius 2 is 1.95 bits per heavy atom. The minimum absolute atomic E-state index is 0.326. The van der Waals surface area contributed by atoms with Crippen LogP contribution in [-0.4, -0.2) is 17.0 Å². The van der Waals surface area contributed by atoms with Crippen LogP contribution in [-0.2, 0) is 9.59 Å². The van der Waals surface area contributed by atoms with Gasteiger partial charge in [-0.1, -0.05) is 11.1 Å². The molecule has 0 radical (unpaired) electrons. The largest absolute Gasteiger partial charge is 0.481 e. The maximum atomic E-state index is 12.4. The molecule has 0 saturated carbocycles. The first-order chi connectivity index (χ1) is 9.93. The average molecular weight is 304 g/mol. The topological polar surface area (TPSA) is 90.2 Å². The van der Waals surface area contributed by atoms with Crippen LogP contribution in [0.2, 0.25) is 0 Å². The molecule has 0 unspecified atom stereocenters. The summed E-state index contributed by atoms with van der Waals surface area (Å²) in [4.78, 5) is 23.8. The Hall–Kier alpha value is -2.13. The molecule has 21 heavy (non-hydrogen) atoms. The van der Waals surface area contributed by atoms with Gasteiger partial charge in [-0.2, -0.15) is 5.26 Å². The van der Waals surface area contributed by atoms with Crippen LogP contribution in [0.5, 0.6) is 0 Å². The second-order valence-corrected chi connectivity index (χ2v) is 6.20. The molecule has 110 valence electrons. The zero-order valence-electron chi connectivity index (χ0n) is 11.8. The van der Waals surface area contributed by atoms with E-state index in [2.05, 4.69) is 5.32 Å². The molecule has 6 heteroatoms. The van der Waals surface area contributed by atoms with Crippen LogP contribution in [0.4, 0.5) is 5.00 Å². The summed E-state index contributed by atoms with van der Waals surface area (Å²) in [5.74, 6) is -2.58. The fourth-order valence-electron chi connectivity index (χ4n) is 2.53. The number of nitrogens with one attached hydrogen (secondary N) is 1. The van der Waals surface area contributed by atoms with Crippen LogP contribution < -0.4 is 5.32 Å². The van der Waals surface area contributed by atoms with Gasteiger partial charge in [-0.25, -0.2) is 0 Å². The predicted octanol–water partition coefficient (Wildman–Crippen LogP) is 3.01. The van der Waals surface area contributed by atoms with E-state index in [0.29, 0.717) is 23.4 Å². The van der Waals surface area contributed by atoms with Crippen LogP contribution in [0.15, 0.2) is 22.6 Å². The molecule has 1 aromatic rings. The molecule has 1 aliphatic rings. The molecule has 0 saturated heterocycles. The van der Waals surface area contributed by atoms with Crippen molar-refractivity contribution in [3.8, 4) is 6.07 Å². The molecule has 1 amide bonds. The van der Waals surface area contributed by atoms with Gasteiger partial charge < -0.3 is 10.4 Å². The third-order valence-corrected chi connectivity index (χ3v) is 4.77. The Balaban J connectivity index is 2.21. The summed E-state index contributed by atoms with van der Waals surface area (Å²) in [6, 6.07) is 3.63. The van der Waals surface area contributed by atoms with Crippen molar-refractivity contribution < 1.29 is 14.7 Å². The number of hydrogen-bond acceptors (Lipinski definition) is 4. The molecule has 0 aromatic carbocycles. The van der Waals surface area contributed by atoms with E-state index >= 15 is 0 Å². The quantitative estimate of drug-likeness (QED) is 0.840. The summed E-state index contributed by atoms with van der Waals surface area (Å²) in [6.07, 6.45) is 0.844. The Morgan fingerprint density at radius 1 is 1.33 bits per heavy atom. The lowest BCUT2D eigenvalue weighted by atomic mass is 9.76. The van der Waals surface area contributed by atoms with Crippen LogP contribution >= 0.6 is 11.3 Å². The molecule has 2 atom stereocenters. The Bertz CT molecular complexity index is 654. The number of carboxylic acids is 1. The van der Waals surface area contributed by atoms with Gasteiger partial charge in [-0.3, -0.25) is 9.59 Å². The van der Waals surface area contributed by atoms with Gasteiger partial charge in [-0.05, 0) is 38.1 Å². The van der Waals surface area contributed by atoms with Crippen LogP contribution in [0.3, 0.4) is 0 Å². The fraction of sp³-hybridized carbons (Fsp3) is 0.400. The lowest BCUT2D eigenvalue weighted by molar-refractivity contribution is -0.146. The van der Waals surface area contributed by atoms with Gasteiger partial charge in [-0.15, -0.1) is 11.3 Å². The number of anilines is 1. The molecule has 0 fully saturated rings. The third-order valence-electron chi connectivity index (χ3n) is 3.94. The van der Waals surface area contributed by atoms with Crippen molar-refractivity contribution in [2.75, 3.05) is 5.32 Å². The van der Waals surface area contributed by atoms with Gasteiger partial charge in [0, 0.05) is 0 Å². The number of rotatable bonds is 3. The Morgan fingerprint density at radius 3 is 2.52 bits per heavy atom. The maximum absolute atomic E-state index is 12.4. The fourth-order valence-corrected chi connectivity index (χ4v) is 3.27. The second-order valence-electron chi connectivity index (χ2n) is 5.28. The van der Waals surface area contributed by atoms with Crippen molar-refractivity contribution >= 4 is 28.2 Å². The first-order valence-corrected chi connectivity index (χ1v) is 7.48. The minimum atomic E-state index is -0.950. The van der Waals surface area contributed by atoms with E-state index in [0.717, 1.165) is 11.1 Å². The molecule has 2 rings (SSSR count). The summed E-state index contributed by atoms with van der Waals surface area (Å²) in [7, 11) is 0. The normalized spacial score (nSPS) is 21.8. The lowest BCUT2D eigenvalue weighted by Crippen LogP contribution is -2.36. The number of amides is 1. The highest BCUT2D eigenvalue weighted by Crippen LogP contribution is 2.35. The molecular weight excluding hydrogens is 288 g/mol. The van der Waals surface area contributed by atoms with E-state index < -0.39 is 17.8 Å². The second kappa shape index (κ2) is 6.10. The van der Waals surface area contributed by atoms with E-state index in [9.17, 15) is 14.7 Å². The first-order valence-electron chi connectivity index (χ1n) is 6.60. The lowest BCUT2D eigenvalue weighted by Gasteiger charge is -2.29. The van der Waals surface area contributed by atoms with Crippen molar-refractivity contribution in [1.82, 2.24) is 0 Å². The van der Waals surface area contributed by atoms with Crippen LogP contribution in [0.25, 0.3) is 0 Å². The smallest absolute Gasteiger partial charge is 0.307 e. The minimum Gasteiger partial charge on any atom is -0.481 e. The molecule has 0 bridgehead atoms. The van der Waals surface area contributed by atoms with Crippen molar-refractivity contribution in [2.45, 2.75) is 26.7 Å². The number of carbonyl (C=O) groups is 2. The number of nitrogens with zero attached hydrogens (tertiary/aromatic N) is 1. The van der Waals surface area contributed by atoms with Gasteiger partial charge in [0.25, 0.3) is 0 Å². The van der Waals surface area contributed by atoms with Crippen molar-refractivity contribution in [1.29, 1.82) is 5.26 Å². The van der Waals surface area contributed by atoms with Gasteiger partial charge >= 0.3 is 5.97 Å². The van der Waals surface area contributed by atoms with Crippen molar-refractivity contribution in [3.05, 3.63) is 28.2 Å². The zero-order chi connectivity index (χ0) is 15.6. The predicted molar refractivity (Wildman–Crippen MR) is 79.9 cm³/mol. The molecular formula is C15H16N2O3S. The number of carboxylic acid groups (broad SMARTS) is 1. The molecule has 1 aliphatic carbocycles. The van der Waals surface area contributed by atoms with E-state index in [1.54, 1.807) is 11.4 Å². The average Bonchev–Trinajstić information content (AvgIpc) is 2.88. The van der Waals surface area contributed by atoms with Crippen molar-refractivity contribution in [3.63, 3.8) is 0 Å². The molecule has 1 aromatic heterocycles. The summed E-state index contributed by atoms with van der Waals surface area (Å²) < 4.78 is 0. The monoisotopic (exact) mass is 304 g/mol. The van der Waals surface area contributed by atoms with Gasteiger partial charge in [0.2, 0.25) is 5.91 Å². The Kier molecular flexibility index (Phi) is 4.43. The van der Waals surface area contributed by atoms with Gasteiger partial charge in [0.15, 0.2) is 0 Å². The zero-order valence-corrected chi connectivity index (χ0v) is 12.7. The van der Waals surface area contributed by atoms with Gasteiger partial charge in [0.1, 0.15) is 11.1 Å². The summed E-state index contributed by atoms with van der Waals surface area (Å²) in [5.41, 5.74) is 2.51. The number of thiophene rings is 1. The van der Waals surface area contributed by atoms with Gasteiger partial charge in [0.05, 0.1) is 17.4 Å².